The zero-order chi connectivity index (χ0) is 24.8. The van der Waals surface area contributed by atoms with Crippen molar-refractivity contribution in [1.82, 2.24) is 20.9 Å². The number of fused-ring (bicyclic) bond motifs is 1. The molecule has 4 rings (SSSR count). The summed E-state index contributed by atoms with van der Waals surface area (Å²) in [5.74, 6) is -0.482. The topological polar surface area (TPSA) is 90.5 Å². The van der Waals surface area contributed by atoms with Crippen LogP contribution in [0.25, 0.3) is 0 Å². The van der Waals surface area contributed by atoms with Crippen LogP contribution in [0.15, 0.2) is 60.7 Å². The van der Waals surface area contributed by atoms with Gasteiger partial charge in [0, 0.05) is 6.04 Å². The predicted molar refractivity (Wildman–Crippen MR) is 135 cm³/mol. The molecule has 0 aromatic heterocycles. The minimum Gasteiger partial charge on any atom is -0.343 e. The fourth-order valence-corrected chi connectivity index (χ4v) is 5.24. The average Bonchev–Trinajstić information content (AvgIpc) is 3.31. The van der Waals surface area contributed by atoms with Crippen LogP contribution in [0.1, 0.15) is 62.6 Å². The number of amides is 3. The zero-order valence-electron chi connectivity index (χ0n) is 20.6. The third-order valence-electron chi connectivity index (χ3n) is 7.33. The van der Waals surface area contributed by atoms with Crippen molar-refractivity contribution in [3.8, 4) is 0 Å². The number of carbonyl (C=O) groups excluding carboxylic acids is 3. The van der Waals surface area contributed by atoms with Crippen molar-refractivity contribution in [1.29, 1.82) is 0 Å². The molecule has 35 heavy (non-hydrogen) atoms. The van der Waals surface area contributed by atoms with E-state index in [1.165, 1.54) is 0 Å². The minimum atomic E-state index is -0.603. The van der Waals surface area contributed by atoms with Crippen LogP contribution in [0.4, 0.5) is 0 Å². The molecule has 186 valence electrons. The van der Waals surface area contributed by atoms with E-state index in [9.17, 15) is 14.4 Å². The molecule has 2 aromatic carbocycles. The fourth-order valence-electron chi connectivity index (χ4n) is 5.24. The molecule has 3 amide bonds. The number of benzene rings is 2. The summed E-state index contributed by atoms with van der Waals surface area (Å²) in [6.07, 6.45) is 4.79. The first-order chi connectivity index (χ1) is 17.0. The molecule has 2 saturated heterocycles. The van der Waals surface area contributed by atoms with Crippen LogP contribution in [0.5, 0.6) is 0 Å². The van der Waals surface area contributed by atoms with Gasteiger partial charge >= 0.3 is 0 Å². The highest BCUT2D eigenvalue weighted by Crippen LogP contribution is 2.32. The summed E-state index contributed by atoms with van der Waals surface area (Å²) < 4.78 is 0. The molecule has 2 aromatic rings. The van der Waals surface area contributed by atoms with E-state index in [1.807, 2.05) is 60.7 Å². The summed E-state index contributed by atoms with van der Waals surface area (Å²) in [7, 11) is 1.72. The Labute approximate surface area is 207 Å². The van der Waals surface area contributed by atoms with Crippen LogP contribution >= 0.6 is 0 Å². The van der Waals surface area contributed by atoms with E-state index < -0.39 is 12.1 Å². The Bertz CT molecular complexity index is 974. The highest BCUT2D eigenvalue weighted by molar-refractivity contribution is 5.94. The molecular formula is C28H36N4O3. The van der Waals surface area contributed by atoms with Crippen LogP contribution in [0.3, 0.4) is 0 Å². The molecule has 2 aliphatic heterocycles. The molecule has 0 radical (unpaired) electrons. The highest BCUT2D eigenvalue weighted by atomic mass is 16.2. The standard InChI is InChI=1S/C28H36N4O3/c1-19(29-2)26(33)30-23-16-10-9-15-22-17-18-24(32(22)28(23)35)27(34)31-25(20-11-5-3-6-12-20)21-13-7-4-8-14-21/h3-8,11-14,19,22-25,29H,9-10,15-18H2,1-2H3,(H,30,33)(H,31,34)/t19-,22?,23?,24?/m0/s1. The molecule has 7 heteroatoms. The van der Waals surface area contributed by atoms with Crippen molar-refractivity contribution in [2.75, 3.05) is 7.05 Å². The number of carbonyl (C=O) groups is 3. The number of hydrogen-bond acceptors (Lipinski definition) is 4. The quantitative estimate of drug-likeness (QED) is 0.573. The molecular weight excluding hydrogens is 440 g/mol. The lowest BCUT2D eigenvalue weighted by Crippen LogP contribution is -2.58. The molecule has 0 spiro atoms. The Balaban J connectivity index is 1.55. The Hall–Kier alpha value is -3.19. The van der Waals surface area contributed by atoms with Crippen molar-refractivity contribution in [2.24, 2.45) is 0 Å². The normalized spacial score (nSPS) is 23.2. The maximum Gasteiger partial charge on any atom is 0.246 e. The molecule has 3 N–H and O–H groups in total. The largest absolute Gasteiger partial charge is 0.343 e. The Kier molecular flexibility index (Phi) is 8.18. The van der Waals surface area contributed by atoms with Crippen molar-refractivity contribution in [2.45, 2.75) is 75.7 Å². The first kappa shape index (κ1) is 24.9. The Morgan fingerprint density at radius 2 is 1.49 bits per heavy atom. The highest BCUT2D eigenvalue weighted by Gasteiger charge is 2.44. The van der Waals surface area contributed by atoms with E-state index in [4.69, 9.17) is 0 Å². The van der Waals surface area contributed by atoms with Crippen LogP contribution in [-0.2, 0) is 14.4 Å². The molecule has 0 saturated carbocycles. The SMILES string of the molecule is CN[C@@H](C)C(=O)NC1CCCCC2CCC(C(=O)NC(c3ccccc3)c3ccccc3)N2C1=O. The van der Waals surface area contributed by atoms with Gasteiger partial charge in [-0.1, -0.05) is 73.5 Å². The molecule has 2 heterocycles. The van der Waals surface area contributed by atoms with Crippen molar-refractivity contribution in [3.63, 3.8) is 0 Å². The summed E-state index contributed by atoms with van der Waals surface area (Å²) in [5.41, 5.74) is 1.98. The Morgan fingerprint density at radius 1 is 0.886 bits per heavy atom. The van der Waals surface area contributed by atoms with Gasteiger partial charge in [-0.15, -0.1) is 0 Å². The van der Waals surface area contributed by atoms with Gasteiger partial charge in [-0.3, -0.25) is 14.4 Å². The minimum absolute atomic E-state index is 0.0339. The van der Waals surface area contributed by atoms with E-state index in [1.54, 1.807) is 18.9 Å². The van der Waals surface area contributed by atoms with E-state index in [2.05, 4.69) is 16.0 Å². The number of rotatable bonds is 7. The molecule has 0 aliphatic carbocycles. The van der Waals surface area contributed by atoms with Crippen LogP contribution in [0, 0.1) is 0 Å². The summed E-state index contributed by atoms with van der Waals surface area (Å²) in [5, 5.41) is 9.08. The second kappa shape index (κ2) is 11.5. The van der Waals surface area contributed by atoms with Crippen molar-refractivity contribution >= 4 is 17.7 Å². The van der Waals surface area contributed by atoms with Gasteiger partial charge in [0.15, 0.2) is 0 Å². The van der Waals surface area contributed by atoms with Crippen LogP contribution in [-0.4, -0.2) is 53.8 Å². The summed E-state index contributed by atoms with van der Waals surface area (Å²) in [4.78, 5) is 41.7. The number of likely N-dealkylation sites (N-methyl/N-ethyl adjacent to an activating group) is 1. The lowest BCUT2D eigenvalue weighted by atomic mass is 9.98. The predicted octanol–water partition coefficient (Wildman–Crippen LogP) is 2.92. The average molecular weight is 477 g/mol. The molecule has 0 bridgehead atoms. The van der Waals surface area contributed by atoms with E-state index in [-0.39, 0.29) is 35.8 Å². The summed E-state index contributed by atoms with van der Waals surface area (Å²) >= 11 is 0. The van der Waals surface area contributed by atoms with E-state index in [0.29, 0.717) is 12.8 Å². The zero-order valence-corrected chi connectivity index (χ0v) is 20.6. The number of nitrogens with one attached hydrogen (secondary N) is 3. The van der Waals surface area contributed by atoms with E-state index in [0.717, 1.165) is 36.8 Å². The Morgan fingerprint density at radius 3 is 2.09 bits per heavy atom. The van der Waals surface area contributed by atoms with Gasteiger partial charge in [-0.25, -0.2) is 0 Å². The lowest BCUT2D eigenvalue weighted by molar-refractivity contribution is -0.144. The van der Waals surface area contributed by atoms with Gasteiger partial charge in [0.2, 0.25) is 17.7 Å². The first-order valence-corrected chi connectivity index (χ1v) is 12.7. The molecule has 3 unspecified atom stereocenters. The monoisotopic (exact) mass is 476 g/mol. The summed E-state index contributed by atoms with van der Waals surface area (Å²) in [6, 6.07) is 18.0. The van der Waals surface area contributed by atoms with Crippen LogP contribution in [0.2, 0.25) is 0 Å². The van der Waals surface area contributed by atoms with Gasteiger partial charge < -0.3 is 20.9 Å². The number of nitrogens with zero attached hydrogens (tertiary/aromatic N) is 1. The molecule has 4 atom stereocenters. The third-order valence-corrected chi connectivity index (χ3v) is 7.33. The fraction of sp³-hybridized carbons (Fsp3) is 0.464. The van der Waals surface area contributed by atoms with Crippen LogP contribution < -0.4 is 16.0 Å². The summed E-state index contributed by atoms with van der Waals surface area (Å²) in [6.45, 7) is 1.77. The molecule has 2 aliphatic rings. The van der Waals surface area contributed by atoms with Gasteiger partial charge in [0.1, 0.15) is 12.1 Å². The maximum absolute atomic E-state index is 13.7. The molecule has 2 fully saturated rings. The smallest absolute Gasteiger partial charge is 0.246 e. The van der Waals surface area contributed by atoms with Gasteiger partial charge in [0.05, 0.1) is 12.1 Å². The van der Waals surface area contributed by atoms with Gasteiger partial charge in [0.25, 0.3) is 0 Å². The number of hydrogen-bond donors (Lipinski definition) is 3. The van der Waals surface area contributed by atoms with Crippen molar-refractivity contribution in [3.05, 3.63) is 71.8 Å². The van der Waals surface area contributed by atoms with Gasteiger partial charge in [-0.2, -0.15) is 0 Å². The van der Waals surface area contributed by atoms with Crippen molar-refractivity contribution < 1.29 is 14.4 Å². The van der Waals surface area contributed by atoms with E-state index >= 15 is 0 Å². The third kappa shape index (κ3) is 5.73. The second-order valence-corrected chi connectivity index (χ2v) is 9.61. The second-order valence-electron chi connectivity index (χ2n) is 9.61. The first-order valence-electron chi connectivity index (χ1n) is 12.7. The molecule has 7 nitrogen and oxygen atoms in total. The lowest BCUT2D eigenvalue weighted by Gasteiger charge is -2.36. The van der Waals surface area contributed by atoms with Gasteiger partial charge in [-0.05, 0) is 50.8 Å². The maximum atomic E-state index is 13.7.